The number of alkyl halides is 3. The average molecular weight is 585 g/mol. The number of hydrogen-bond acceptors (Lipinski definition) is 4. The standard InChI is InChI=1S/C23H22Br2F3N5/c1-12-13(2)33(20-17(24)10-16(11-18(20)25)23(26,27)28)22-19(12)21(30-14(3)31-22)32-8-5-15(4-7-29)6-9-32/h10-11,15H,4-6,8-9H2,1-3H3. The number of piperidine rings is 1. The van der Waals surface area contributed by atoms with Gasteiger partial charge in [-0.1, -0.05) is 0 Å². The molecule has 1 aromatic carbocycles. The average Bonchev–Trinajstić information content (AvgIpc) is 2.98. The van der Waals surface area contributed by atoms with Crippen LogP contribution >= 0.6 is 31.9 Å². The van der Waals surface area contributed by atoms with Crippen LogP contribution in [0.2, 0.25) is 0 Å². The summed E-state index contributed by atoms with van der Waals surface area (Å²) in [7, 11) is 0. The summed E-state index contributed by atoms with van der Waals surface area (Å²) in [5, 5.41) is 9.91. The van der Waals surface area contributed by atoms with Crippen LogP contribution in [-0.4, -0.2) is 27.6 Å². The first-order valence-corrected chi connectivity index (χ1v) is 12.2. The lowest BCUT2D eigenvalue weighted by Gasteiger charge is -2.32. The third-order valence-corrected chi connectivity index (χ3v) is 7.52. The summed E-state index contributed by atoms with van der Waals surface area (Å²) in [5.74, 6) is 1.83. The van der Waals surface area contributed by atoms with Gasteiger partial charge in [-0.25, -0.2) is 9.97 Å². The van der Waals surface area contributed by atoms with E-state index in [0.29, 0.717) is 38.4 Å². The number of benzene rings is 1. The van der Waals surface area contributed by atoms with Crippen LogP contribution in [0.4, 0.5) is 19.0 Å². The molecule has 0 amide bonds. The van der Waals surface area contributed by atoms with E-state index in [2.05, 4.69) is 42.8 Å². The molecule has 0 N–H and O–H groups in total. The Labute approximate surface area is 206 Å². The number of aromatic nitrogens is 3. The van der Waals surface area contributed by atoms with E-state index in [0.717, 1.165) is 60.5 Å². The Morgan fingerprint density at radius 3 is 2.24 bits per heavy atom. The van der Waals surface area contributed by atoms with Gasteiger partial charge in [-0.15, -0.1) is 0 Å². The molecule has 1 aliphatic heterocycles. The maximum absolute atomic E-state index is 13.3. The van der Waals surface area contributed by atoms with E-state index in [1.165, 1.54) is 0 Å². The lowest BCUT2D eigenvalue weighted by Crippen LogP contribution is -2.34. The predicted octanol–water partition coefficient (Wildman–Crippen LogP) is 7.02. The minimum Gasteiger partial charge on any atom is -0.356 e. The first kappa shape index (κ1) is 24.0. The van der Waals surface area contributed by atoms with Gasteiger partial charge in [0.1, 0.15) is 11.6 Å². The maximum atomic E-state index is 13.3. The number of anilines is 1. The Morgan fingerprint density at radius 1 is 1.09 bits per heavy atom. The molecule has 0 unspecified atom stereocenters. The highest BCUT2D eigenvalue weighted by Crippen LogP contribution is 2.42. The molecule has 2 aromatic heterocycles. The predicted molar refractivity (Wildman–Crippen MR) is 129 cm³/mol. The quantitative estimate of drug-likeness (QED) is 0.332. The number of aryl methyl sites for hydroxylation is 2. The van der Waals surface area contributed by atoms with Crippen molar-refractivity contribution < 1.29 is 13.2 Å². The highest BCUT2D eigenvalue weighted by Gasteiger charge is 2.33. The van der Waals surface area contributed by atoms with Crippen LogP contribution in [0.5, 0.6) is 0 Å². The van der Waals surface area contributed by atoms with Crippen LogP contribution in [0.15, 0.2) is 21.1 Å². The summed E-state index contributed by atoms with van der Waals surface area (Å²) < 4.78 is 42.5. The van der Waals surface area contributed by atoms with Crippen molar-refractivity contribution in [2.24, 2.45) is 5.92 Å². The first-order chi connectivity index (χ1) is 15.5. The molecule has 3 aromatic rings. The van der Waals surface area contributed by atoms with Gasteiger partial charge in [-0.3, -0.25) is 4.57 Å². The number of nitriles is 1. The monoisotopic (exact) mass is 583 g/mol. The van der Waals surface area contributed by atoms with Crippen LogP contribution in [-0.2, 0) is 6.18 Å². The maximum Gasteiger partial charge on any atom is 0.416 e. The van der Waals surface area contributed by atoms with Gasteiger partial charge in [-0.05, 0) is 89.1 Å². The molecule has 0 atom stereocenters. The second kappa shape index (κ2) is 8.91. The third-order valence-electron chi connectivity index (χ3n) is 6.31. The summed E-state index contributed by atoms with van der Waals surface area (Å²) >= 11 is 6.72. The minimum atomic E-state index is -4.45. The molecule has 0 spiro atoms. The highest BCUT2D eigenvalue weighted by atomic mass is 79.9. The van der Waals surface area contributed by atoms with Gasteiger partial charge >= 0.3 is 6.18 Å². The van der Waals surface area contributed by atoms with Crippen molar-refractivity contribution in [3.8, 4) is 11.8 Å². The van der Waals surface area contributed by atoms with E-state index in [1.54, 1.807) is 0 Å². The van der Waals surface area contributed by atoms with Crippen molar-refractivity contribution in [1.29, 1.82) is 5.26 Å². The number of hydrogen-bond donors (Lipinski definition) is 0. The molecule has 0 bridgehead atoms. The topological polar surface area (TPSA) is 57.7 Å². The fourth-order valence-corrected chi connectivity index (χ4v) is 6.01. The molecule has 1 fully saturated rings. The SMILES string of the molecule is Cc1nc(N2CCC(CC#N)CC2)c2c(C)c(C)n(-c3c(Br)cc(C(F)(F)F)cc3Br)c2n1. The molecule has 3 heterocycles. The van der Waals surface area contributed by atoms with E-state index in [4.69, 9.17) is 15.2 Å². The van der Waals surface area contributed by atoms with E-state index in [9.17, 15) is 13.2 Å². The Balaban J connectivity index is 1.88. The molecular formula is C23H22Br2F3N5. The highest BCUT2D eigenvalue weighted by molar-refractivity contribution is 9.11. The van der Waals surface area contributed by atoms with Gasteiger partial charge in [-0.2, -0.15) is 18.4 Å². The van der Waals surface area contributed by atoms with Crippen LogP contribution in [0.25, 0.3) is 16.7 Å². The Bertz CT molecular complexity index is 1250. The van der Waals surface area contributed by atoms with Crippen LogP contribution in [0, 0.1) is 38.0 Å². The number of fused-ring (bicyclic) bond motifs is 1. The molecule has 1 saturated heterocycles. The van der Waals surface area contributed by atoms with Crippen LogP contribution < -0.4 is 4.90 Å². The molecule has 0 radical (unpaired) electrons. The summed E-state index contributed by atoms with van der Waals surface area (Å²) in [6.45, 7) is 7.35. The lowest BCUT2D eigenvalue weighted by molar-refractivity contribution is -0.137. The fraction of sp³-hybridized carbons (Fsp3) is 0.435. The molecular weight excluding hydrogens is 563 g/mol. The van der Waals surface area contributed by atoms with E-state index >= 15 is 0 Å². The zero-order chi connectivity index (χ0) is 24.1. The minimum absolute atomic E-state index is 0.319. The van der Waals surface area contributed by atoms with Crippen molar-refractivity contribution in [1.82, 2.24) is 14.5 Å². The second-order valence-electron chi connectivity index (χ2n) is 8.42. The molecule has 5 nitrogen and oxygen atoms in total. The molecule has 0 aliphatic carbocycles. The molecule has 10 heteroatoms. The van der Waals surface area contributed by atoms with Crippen molar-refractivity contribution in [2.45, 2.75) is 46.2 Å². The van der Waals surface area contributed by atoms with Crippen molar-refractivity contribution in [3.63, 3.8) is 0 Å². The van der Waals surface area contributed by atoms with Crippen molar-refractivity contribution >= 4 is 48.7 Å². The summed E-state index contributed by atoms with van der Waals surface area (Å²) in [5.41, 5.74) is 2.36. The van der Waals surface area contributed by atoms with Crippen LogP contribution in [0.3, 0.4) is 0 Å². The summed E-state index contributed by atoms with van der Waals surface area (Å²) in [6, 6.07) is 4.45. The zero-order valence-electron chi connectivity index (χ0n) is 18.4. The van der Waals surface area contributed by atoms with Gasteiger partial charge in [0.05, 0.1) is 22.7 Å². The van der Waals surface area contributed by atoms with Gasteiger partial charge in [0, 0.05) is 34.1 Å². The molecule has 33 heavy (non-hydrogen) atoms. The fourth-order valence-electron chi connectivity index (χ4n) is 4.47. The van der Waals surface area contributed by atoms with Crippen molar-refractivity contribution in [2.75, 3.05) is 18.0 Å². The third kappa shape index (κ3) is 4.37. The Hall–Kier alpha value is -2.12. The largest absolute Gasteiger partial charge is 0.416 e. The summed E-state index contributed by atoms with van der Waals surface area (Å²) in [4.78, 5) is 11.7. The molecule has 4 rings (SSSR count). The first-order valence-electron chi connectivity index (χ1n) is 10.6. The van der Waals surface area contributed by atoms with Gasteiger partial charge in [0.25, 0.3) is 0 Å². The van der Waals surface area contributed by atoms with E-state index in [-0.39, 0.29) is 0 Å². The zero-order valence-corrected chi connectivity index (χ0v) is 21.6. The van der Waals surface area contributed by atoms with Gasteiger partial charge < -0.3 is 4.90 Å². The molecule has 1 aliphatic rings. The lowest BCUT2D eigenvalue weighted by atomic mass is 9.94. The Kier molecular flexibility index (Phi) is 6.49. The number of rotatable bonds is 3. The Morgan fingerprint density at radius 2 is 1.70 bits per heavy atom. The van der Waals surface area contributed by atoms with E-state index in [1.807, 2.05) is 25.3 Å². The second-order valence-corrected chi connectivity index (χ2v) is 10.1. The van der Waals surface area contributed by atoms with Crippen LogP contribution in [0.1, 0.15) is 41.9 Å². The summed E-state index contributed by atoms with van der Waals surface area (Å²) in [6.07, 6.45) is -2.03. The molecule has 174 valence electrons. The van der Waals surface area contributed by atoms with Gasteiger partial charge in [0.2, 0.25) is 0 Å². The van der Waals surface area contributed by atoms with E-state index < -0.39 is 11.7 Å². The number of halogens is 5. The van der Waals surface area contributed by atoms with Gasteiger partial charge in [0.15, 0.2) is 5.65 Å². The normalized spacial score (nSPS) is 15.3. The smallest absolute Gasteiger partial charge is 0.356 e. The number of nitrogens with zero attached hydrogens (tertiary/aromatic N) is 5. The van der Waals surface area contributed by atoms with Crippen molar-refractivity contribution in [3.05, 3.63) is 43.7 Å². The molecule has 0 saturated carbocycles.